The van der Waals surface area contributed by atoms with Gasteiger partial charge in [0.05, 0.1) is 5.69 Å². The second-order valence-corrected chi connectivity index (χ2v) is 2.92. The van der Waals surface area contributed by atoms with Crippen molar-refractivity contribution in [2.75, 3.05) is 0 Å². The molecule has 1 aromatic rings. The van der Waals surface area contributed by atoms with Gasteiger partial charge in [0, 0.05) is 12.2 Å². The zero-order chi connectivity index (χ0) is 8.97. The molecule has 0 bridgehead atoms. The van der Waals surface area contributed by atoms with Crippen molar-refractivity contribution in [1.82, 2.24) is 4.98 Å². The monoisotopic (exact) mass is 164 g/mol. The summed E-state index contributed by atoms with van der Waals surface area (Å²) in [6.07, 6.45) is 3.77. The molecule has 2 nitrogen and oxygen atoms in total. The molecule has 66 valence electrons. The van der Waals surface area contributed by atoms with Gasteiger partial charge in [-0.2, -0.15) is 0 Å². The number of aromatic nitrogens is 1. The molecular weight excluding hydrogens is 148 g/mol. The van der Waals surface area contributed by atoms with Crippen LogP contribution in [0.3, 0.4) is 0 Å². The van der Waals surface area contributed by atoms with Crippen molar-refractivity contribution in [3.05, 3.63) is 29.6 Å². The Bertz CT molecular complexity index is 245. The fourth-order valence-corrected chi connectivity index (χ4v) is 1.28. The molecule has 0 aliphatic heterocycles. The van der Waals surface area contributed by atoms with Crippen LogP contribution >= 0.6 is 0 Å². The molecule has 1 unspecified atom stereocenters. The zero-order valence-corrected chi connectivity index (χ0v) is 7.75. The minimum atomic E-state index is 0.0983. The Morgan fingerprint density at radius 2 is 2.25 bits per heavy atom. The van der Waals surface area contributed by atoms with Gasteiger partial charge in [-0.3, -0.25) is 4.98 Å². The van der Waals surface area contributed by atoms with Crippen molar-refractivity contribution in [2.24, 2.45) is 5.73 Å². The second kappa shape index (κ2) is 4.21. The van der Waals surface area contributed by atoms with E-state index < -0.39 is 0 Å². The van der Waals surface area contributed by atoms with E-state index in [1.54, 1.807) is 0 Å². The molecule has 12 heavy (non-hydrogen) atoms. The Morgan fingerprint density at radius 1 is 1.50 bits per heavy atom. The number of rotatable bonds is 3. The molecule has 1 heterocycles. The molecule has 0 saturated heterocycles. The smallest absolute Gasteiger partial charge is 0.0602 e. The highest BCUT2D eigenvalue weighted by Gasteiger charge is 2.07. The molecule has 0 amide bonds. The van der Waals surface area contributed by atoms with Crippen molar-refractivity contribution in [3.8, 4) is 0 Å². The van der Waals surface area contributed by atoms with Crippen LogP contribution < -0.4 is 5.73 Å². The normalized spacial score (nSPS) is 12.9. The van der Waals surface area contributed by atoms with Crippen molar-refractivity contribution in [3.63, 3.8) is 0 Å². The van der Waals surface area contributed by atoms with Crippen LogP contribution in [0.1, 0.15) is 37.6 Å². The van der Waals surface area contributed by atoms with Gasteiger partial charge in [-0.25, -0.2) is 0 Å². The summed E-state index contributed by atoms with van der Waals surface area (Å²) in [6.45, 7) is 4.21. The lowest BCUT2D eigenvalue weighted by molar-refractivity contribution is 0.665. The van der Waals surface area contributed by atoms with Gasteiger partial charge in [0.15, 0.2) is 0 Å². The first kappa shape index (κ1) is 9.20. The Morgan fingerprint density at radius 3 is 2.83 bits per heavy atom. The third kappa shape index (κ3) is 1.83. The number of hydrogen-bond acceptors (Lipinski definition) is 2. The number of pyridine rings is 1. The van der Waals surface area contributed by atoms with Crippen LogP contribution in [-0.2, 0) is 6.42 Å². The van der Waals surface area contributed by atoms with E-state index in [4.69, 9.17) is 5.73 Å². The van der Waals surface area contributed by atoms with E-state index in [9.17, 15) is 0 Å². The number of nitrogens with zero attached hydrogens (tertiary/aromatic N) is 1. The number of hydrogen-bond donors (Lipinski definition) is 1. The average molecular weight is 164 g/mol. The molecule has 2 N–H and O–H groups in total. The SMILES string of the molecule is CCc1cccnc1C(N)CC. The van der Waals surface area contributed by atoms with E-state index in [-0.39, 0.29) is 6.04 Å². The molecular formula is C10H16N2. The molecule has 1 rings (SSSR count). The summed E-state index contributed by atoms with van der Waals surface area (Å²) in [6, 6.07) is 4.16. The highest BCUT2D eigenvalue weighted by Crippen LogP contribution is 2.15. The molecule has 0 aromatic carbocycles. The Hall–Kier alpha value is -0.890. The summed E-state index contributed by atoms with van der Waals surface area (Å²) in [5.74, 6) is 0. The molecule has 0 saturated carbocycles. The number of nitrogens with two attached hydrogens (primary N) is 1. The predicted molar refractivity (Wildman–Crippen MR) is 50.8 cm³/mol. The van der Waals surface area contributed by atoms with Crippen LogP contribution in [-0.4, -0.2) is 4.98 Å². The van der Waals surface area contributed by atoms with E-state index in [1.165, 1.54) is 5.56 Å². The van der Waals surface area contributed by atoms with Crippen LogP contribution in [0, 0.1) is 0 Å². The highest BCUT2D eigenvalue weighted by molar-refractivity contribution is 5.22. The zero-order valence-electron chi connectivity index (χ0n) is 7.75. The standard InChI is InChI=1S/C10H16N2/c1-3-8-6-5-7-12-10(8)9(11)4-2/h5-7,9H,3-4,11H2,1-2H3. The number of aryl methyl sites for hydroxylation is 1. The summed E-state index contributed by atoms with van der Waals surface area (Å²) in [7, 11) is 0. The molecule has 0 aliphatic carbocycles. The minimum absolute atomic E-state index is 0.0983. The van der Waals surface area contributed by atoms with E-state index in [0.29, 0.717) is 0 Å². The molecule has 2 heteroatoms. The second-order valence-electron chi connectivity index (χ2n) is 2.92. The lowest BCUT2D eigenvalue weighted by atomic mass is 10.0. The summed E-state index contributed by atoms with van der Waals surface area (Å²) in [5, 5.41) is 0. The summed E-state index contributed by atoms with van der Waals surface area (Å²) >= 11 is 0. The van der Waals surface area contributed by atoms with Crippen LogP contribution in [0.5, 0.6) is 0 Å². The topological polar surface area (TPSA) is 38.9 Å². The molecule has 1 aromatic heterocycles. The molecule has 1 atom stereocenters. The van der Waals surface area contributed by atoms with Crippen molar-refractivity contribution < 1.29 is 0 Å². The van der Waals surface area contributed by atoms with Gasteiger partial charge < -0.3 is 5.73 Å². The predicted octanol–water partition coefficient (Wildman–Crippen LogP) is 2.05. The minimum Gasteiger partial charge on any atom is -0.323 e. The first-order chi connectivity index (χ1) is 5.79. The highest BCUT2D eigenvalue weighted by atomic mass is 14.8. The third-order valence-corrected chi connectivity index (χ3v) is 2.10. The van der Waals surface area contributed by atoms with Crippen molar-refractivity contribution in [2.45, 2.75) is 32.7 Å². The lowest BCUT2D eigenvalue weighted by Gasteiger charge is -2.11. The summed E-state index contributed by atoms with van der Waals surface area (Å²) in [4.78, 5) is 4.30. The van der Waals surface area contributed by atoms with Gasteiger partial charge in [0.25, 0.3) is 0 Å². The third-order valence-electron chi connectivity index (χ3n) is 2.10. The van der Waals surface area contributed by atoms with E-state index >= 15 is 0 Å². The first-order valence-corrected chi connectivity index (χ1v) is 4.49. The van der Waals surface area contributed by atoms with Crippen molar-refractivity contribution in [1.29, 1.82) is 0 Å². The maximum atomic E-state index is 5.91. The first-order valence-electron chi connectivity index (χ1n) is 4.49. The van der Waals surface area contributed by atoms with Crippen LogP contribution in [0.15, 0.2) is 18.3 Å². The van der Waals surface area contributed by atoms with Crippen LogP contribution in [0.2, 0.25) is 0 Å². The van der Waals surface area contributed by atoms with Crippen LogP contribution in [0.25, 0.3) is 0 Å². The maximum Gasteiger partial charge on any atom is 0.0602 e. The lowest BCUT2D eigenvalue weighted by Crippen LogP contribution is -2.12. The largest absolute Gasteiger partial charge is 0.323 e. The molecule has 0 radical (unpaired) electrons. The van der Waals surface area contributed by atoms with E-state index in [0.717, 1.165) is 18.5 Å². The van der Waals surface area contributed by atoms with Gasteiger partial charge in [-0.15, -0.1) is 0 Å². The summed E-state index contributed by atoms with van der Waals surface area (Å²) in [5.41, 5.74) is 8.24. The van der Waals surface area contributed by atoms with Gasteiger partial charge in [0.1, 0.15) is 0 Å². The quantitative estimate of drug-likeness (QED) is 0.742. The van der Waals surface area contributed by atoms with Gasteiger partial charge in [-0.05, 0) is 24.5 Å². The van der Waals surface area contributed by atoms with E-state index in [1.807, 2.05) is 12.3 Å². The Kier molecular flexibility index (Phi) is 3.23. The van der Waals surface area contributed by atoms with Gasteiger partial charge in [-0.1, -0.05) is 19.9 Å². The van der Waals surface area contributed by atoms with Gasteiger partial charge >= 0.3 is 0 Å². The summed E-state index contributed by atoms with van der Waals surface area (Å²) < 4.78 is 0. The fraction of sp³-hybridized carbons (Fsp3) is 0.500. The molecule has 0 aliphatic rings. The maximum absolute atomic E-state index is 5.91. The fourth-order valence-electron chi connectivity index (χ4n) is 1.28. The van der Waals surface area contributed by atoms with Gasteiger partial charge in [0.2, 0.25) is 0 Å². The molecule has 0 fully saturated rings. The Labute approximate surface area is 73.8 Å². The molecule has 0 spiro atoms. The van der Waals surface area contributed by atoms with Crippen LogP contribution in [0.4, 0.5) is 0 Å². The Balaban J connectivity index is 2.96. The van der Waals surface area contributed by atoms with Crippen molar-refractivity contribution >= 4 is 0 Å². The van der Waals surface area contributed by atoms with E-state index in [2.05, 4.69) is 24.9 Å². The average Bonchev–Trinajstić information content (AvgIpc) is 2.16.